The van der Waals surface area contributed by atoms with Crippen molar-refractivity contribution in [3.05, 3.63) is 55.1 Å². The normalized spacial score (nSPS) is 12.0. The Kier molecular flexibility index (Phi) is 3.81. The van der Waals surface area contributed by atoms with Gasteiger partial charge in [-0.3, -0.25) is 14.9 Å². The predicted octanol–water partition coefficient (Wildman–Crippen LogP) is 3.60. The Morgan fingerprint density at radius 2 is 2.09 bits per heavy atom. The van der Waals surface area contributed by atoms with Gasteiger partial charge in [-0.05, 0) is 18.2 Å². The number of nitro groups is 1. The van der Waals surface area contributed by atoms with Crippen LogP contribution in [0.4, 0.5) is 5.00 Å². The number of benzene rings is 1. The van der Waals surface area contributed by atoms with Crippen molar-refractivity contribution >= 4 is 55.4 Å². The molecule has 0 atom stereocenters. The van der Waals surface area contributed by atoms with Crippen LogP contribution in [0.3, 0.4) is 0 Å². The van der Waals surface area contributed by atoms with E-state index in [0.717, 1.165) is 21.6 Å². The minimum Gasteiger partial charge on any atom is -0.318 e. The average Bonchev–Trinajstić information content (AvgIpc) is 3.06. The molecule has 2 heterocycles. The zero-order valence-electron chi connectivity index (χ0n) is 11.1. The average molecular weight is 354 g/mol. The van der Waals surface area contributed by atoms with E-state index in [1.54, 1.807) is 17.7 Å². The fraction of sp³-hybridized carbons (Fsp3) is 0.0769. The molecular formula is C13H8ClN3O3S2. The smallest absolute Gasteiger partial charge is 0.318 e. The van der Waals surface area contributed by atoms with E-state index in [4.69, 9.17) is 11.6 Å². The van der Waals surface area contributed by atoms with Crippen molar-refractivity contribution in [2.45, 2.75) is 0 Å². The molecule has 0 spiro atoms. The molecule has 112 valence electrons. The lowest BCUT2D eigenvalue weighted by atomic mass is 10.3. The molecule has 1 aromatic carbocycles. The molecule has 0 unspecified atom stereocenters. The van der Waals surface area contributed by atoms with Crippen molar-refractivity contribution in [2.24, 2.45) is 12.0 Å². The van der Waals surface area contributed by atoms with E-state index in [1.807, 2.05) is 12.1 Å². The maximum absolute atomic E-state index is 12.1. The molecule has 0 saturated heterocycles. The minimum absolute atomic E-state index is 0.0812. The van der Waals surface area contributed by atoms with Crippen LogP contribution in [0.1, 0.15) is 9.67 Å². The standard InChI is InChI=1S/C13H8ClN3O3S2/c1-16-11-7(14)3-2-4-8(11)22-13(16)15-12(18)9-5-6-10(21-9)17(19)20/h2-6H,1H3. The molecule has 0 aliphatic rings. The van der Waals surface area contributed by atoms with Crippen LogP contribution in [0.2, 0.25) is 5.02 Å². The zero-order valence-corrected chi connectivity index (χ0v) is 13.5. The van der Waals surface area contributed by atoms with E-state index in [9.17, 15) is 14.9 Å². The summed E-state index contributed by atoms with van der Waals surface area (Å²) >= 11 is 8.30. The third kappa shape index (κ3) is 2.56. The first-order chi connectivity index (χ1) is 10.5. The largest absolute Gasteiger partial charge is 0.324 e. The molecule has 0 fully saturated rings. The Balaban J connectivity index is 2.08. The van der Waals surface area contributed by atoms with E-state index in [1.165, 1.54) is 23.5 Å². The van der Waals surface area contributed by atoms with Gasteiger partial charge in [-0.2, -0.15) is 4.99 Å². The number of carbonyl (C=O) groups excluding carboxylic acids is 1. The van der Waals surface area contributed by atoms with E-state index >= 15 is 0 Å². The Morgan fingerprint density at radius 3 is 2.73 bits per heavy atom. The number of rotatable bonds is 2. The summed E-state index contributed by atoms with van der Waals surface area (Å²) in [6.45, 7) is 0. The van der Waals surface area contributed by atoms with Gasteiger partial charge in [-0.1, -0.05) is 40.3 Å². The molecule has 0 radical (unpaired) electrons. The molecular weight excluding hydrogens is 346 g/mol. The summed E-state index contributed by atoms with van der Waals surface area (Å²) in [5.74, 6) is -0.503. The van der Waals surface area contributed by atoms with Crippen molar-refractivity contribution in [3.63, 3.8) is 0 Å². The zero-order chi connectivity index (χ0) is 15.9. The van der Waals surface area contributed by atoms with Crippen molar-refractivity contribution in [2.75, 3.05) is 0 Å². The Morgan fingerprint density at radius 1 is 1.32 bits per heavy atom. The fourth-order valence-corrected chi connectivity index (χ4v) is 4.05. The lowest BCUT2D eigenvalue weighted by Gasteiger charge is -1.97. The number of aryl methyl sites for hydroxylation is 1. The molecule has 0 bridgehead atoms. The van der Waals surface area contributed by atoms with Crippen LogP contribution in [0.25, 0.3) is 10.2 Å². The van der Waals surface area contributed by atoms with Crippen molar-refractivity contribution in [3.8, 4) is 0 Å². The number of para-hydroxylation sites is 1. The number of hydrogen-bond acceptors (Lipinski definition) is 5. The lowest BCUT2D eigenvalue weighted by molar-refractivity contribution is -0.380. The number of thiazole rings is 1. The second-order valence-electron chi connectivity index (χ2n) is 4.34. The van der Waals surface area contributed by atoms with Crippen molar-refractivity contribution in [1.82, 2.24) is 4.57 Å². The summed E-state index contributed by atoms with van der Waals surface area (Å²) in [7, 11) is 1.77. The van der Waals surface area contributed by atoms with E-state index < -0.39 is 10.8 Å². The Bertz CT molecular complexity index is 970. The van der Waals surface area contributed by atoms with Gasteiger partial charge < -0.3 is 4.57 Å². The van der Waals surface area contributed by atoms with Crippen LogP contribution < -0.4 is 4.80 Å². The van der Waals surface area contributed by atoms with Gasteiger partial charge in [-0.15, -0.1) is 0 Å². The SMILES string of the molecule is Cn1c(=NC(=O)c2ccc([N+](=O)[O-])s2)sc2cccc(Cl)c21. The summed E-state index contributed by atoms with van der Waals surface area (Å²) in [5, 5.41) is 11.2. The van der Waals surface area contributed by atoms with Crippen LogP contribution in [0, 0.1) is 10.1 Å². The summed E-state index contributed by atoms with van der Waals surface area (Å²) in [5.41, 5.74) is 0.804. The molecule has 3 rings (SSSR count). The van der Waals surface area contributed by atoms with Gasteiger partial charge in [0.05, 0.1) is 20.2 Å². The molecule has 1 amide bonds. The highest BCUT2D eigenvalue weighted by Crippen LogP contribution is 2.26. The summed E-state index contributed by atoms with van der Waals surface area (Å²) in [6.07, 6.45) is 0. The molecule has 22 heavy (non-hydrogen) atoms. The third-order valence-electron chi connectivity index (χ3n) is 2.95. The quantitative estimate of drug-likeness (QED) is 0.521. The number of fused-ring (bicyclic) bond motifs is 1. The molecule has 2 aromatic heterocycles. The van der Waals surface area contributed by atoms with E-state index in [0.29, 0.717) is 9.82 Å². The molecule has 0 aliphatic carbocycles. The van der Waals surface area contributed by atoms with E-state index in [2.05, 4.69) is 4.99 Å². The highest BCUT2D eigenvalue weighted by Gasteiger charge is 2.15. The number of carbonyl (C=O) groups is 1. The molecule has 9 heteroatoms. The summed E-state index contributed by atoms with van der Waals surface area (Å²) in [4.78, 5) is 27.1. The number of nitrogens with zero attached hydrogens (tertiary/aromatic N) is 3. The van der Waals surface area contributed by atoms with Gasteiger partial charge >= 0.3 is 5.00 Å². The topological polar surface area (TPSA) is 77.5 Å². The van der Waals surface area contributed by atoms with Crippen molar-refractivity contribution in [1.29, 1.82) is 0 Å². The monoisotopic (exact) mass is 353 g/mol. The van der Waals surface area contributed by atoms with Gasteiger partial charge in [0, 0.05) is 13.1 Å². The Hall–Kier alpha value is -2.03. The molecule has 0 saturated carbocycles. The molecule has 6 nitrogen and oxygen atoms in total. The van der Waals surface area contributed by atoms with Gasteiger partial charge in [0.25, 0.3) is 5.91 Å². The highest BCUT2D eigenvalue weighted by atomic mass is 35.5. The second-order valence-corrected chi connectivity index (χ2v) is 6.82. The summed E-state index contributed by atoms with van der Waals surface area (Å²) in [6, 6.07) is 8.20. The van der Waals surface area contributed by atoms with Gasteiger partial charge in [0.1, 0.15) is 4.88 Å². The van der Waals surface area contributed by atoms with Gasteiger partial charge in [-0.25, -0.2) is 0 Å². The number of hydrogen-bond donors (Lipinski definition) is 0. The number of amides is 1. The predicted molar refractivity (Wildman–Crippen MR) is 86.7 cm³/mol. The highest BCUT2D eigenvalue weighted by molar-refractivity contribution is 7.17. The maximum atomic E-state index is 12.1. The number of thiophene rings is 1. The maximum Gasteiger partial charge on any atom is 0.324 e. The molecule has 0 N–H and O–H groups in total. The molecule has 0 aliphatic heterocycles. The first-order valence-electron chi connectivity index (χ1n) is 6.04. The first-order valence-corrected chi connectivity index (χ1v) is 8.06. The number of aromatic nitrogens is 1. The van der Waals surface area contributed by atoms with Crippen LogP contribution in [-0.2, 0) is 7.05 Å². The van der Waals surface area contributed by atoms with Gasteiger partial charge in [0.2, 0.25) is 0 Å². The second kappa shape index (κ2) is 5.64. The Labute approximate surface area is 137 Å². The minimum atomic E-state index is -0.527. The van der Waals surface area contributed by atoms with Crippen LogP contribution >= 0.6 is 34.3 Å². The van der Waals surface area contributed by atoms with Crippen LogP contribution in [0.15, 0.2) is 35.3 Å². The van der Waals surface area contributed by atoms with E-state index in [-0.39, 0.29) is 9.88 Å². The first kappa shape index (κ1) is 14.9. The van der Waals surface area contributed by atoms with Crippen LogP contribution in [0.5, 0.6) is 0 Å². The van der Waals surface area contributed by atoms with Crippen LogP contribution in [-0.4, -0.2) is 15.4 Å². The molecule has 3 aromatic rings. The third-order valence-corrected chi connectivity index (χ3v) is 5.38. The number of halogens is 1. The fourth-order valence-electron chi connectivity index (χ4n) is 1.95. The lowest BCUT2D eigenvalue weighted by Crippen LogP contribution is -2.12. The summed E-state index contributed by atoms with van der Waals surface area (Å²) < 4.78 is 2.65. The van der Waals surface area contributed by atoms with Crippen molar-refractivity contribution < 1.29 is 9.72 Å². The van der Waals surface area contributed by atoms with Gasteiger partial charge in [0.15, 0.2) is 4.80 Å².